The van der Waals surface area contributed by atoms with Crippen LogP contribution in [0.1, 0.15) is 22.2 Å². The lowest BCUT2D eigenvalue weighted by Gasteiger charge is -2.08. The summed E-state index contributed by atoms with van der Waals surface area (Å²) < 4.78 is 1.78. The van der Waals surface area contributed by atoms with Crippen LogP contribution in [-0.2, 0) is 13.5 Å². The zero-order valence-corrected chi connectivity index (χ0v) is 10.8. The summed E-state index contributed by atoms with van der Waals surface area (Å²) in [6.07, 6.45) is 2.64. The number of aryl methyl sites for hydroxylation is 2. The molecule has 3 nitrogen and oxygen atoms in total. The molecule has 1 unspecified atom stereocenters. The highest BCUT2D eigenvalue weighted by Crippen LogP contribution is 2.32. The summed E-state index contributed by atoms with van der Waals surface area (Å²) in [5.41, 5.74) is 8.22. The first kappa shape index (κ1) is 11.6. The monoisotopic (exact) mass is 255 g/mol. The summed E-state index contributed by atoms with van der Waals surface area (Å²) >= 11 is 7.80. The quantitative estimate of drug-likeness (QED) is 0.917. The Morgan fingerprint density at radius 2 is 2.38 bits per heavy atom. The van der Waals surface area contributed by atoms with Gasteiger partial charge in [-0.15, -0.1) is 11.3 Å². The molecule has 0 amide bonds. The van der Waals surface area contributed by atoms with Gasteiger partial charge in [0.15, 0.2) is 0 Å². The first-order valence-corrected chi connectivity index (χ1v) is 6.31. The highest BCUT2D eigenvalue weighted by atomic mass is 35.5. The van der Waals surface area contributed by atoms with Crippen molar-refractivity contribution in [3.05, 3.63) is 38.8 Å². The lowest BCUT2D eigenvalue weighted by Crippen LogP contribution is -2.12. The van der Waals surface area contributed by atoms with Crippen LogP contribution < -0.4 is 5.73 Å². The number of thiophene rings is 1. The molecule has 1 atom stereocenters. The van der Waals surface area contributed by atoms with Gasteiger partial charge in [0, 0.05) is 30.6 Å². The molecule has 0 aromatic carbocycles. The first-order chi connectivity index (χ1) is 7.58. The lowest BCUT2D eigenvalue weighted by atomic mass is 10.1. The van der Waals surface area contributed by atoms with Gasteiger partial charge in [0.25, 0.3) is 0 Å². The van der Waals surface area contributed by atoms with E-state index in [0.717, 1.165) is 27.6 Å². The molecule has 0 aliphatic rings. The minimum Gasteiger partial charge on any atom is -0.323 e. The van der Waals surface area contributed by atoms with Gasteiger partial charge in [-0.2, -0.15) is 5.10 Å². The lowest BCUT2D eigenvalue weighted by molar-refractivity contribution is 0.683. The summed E-state index contributed by atoms with van der Waals surface area (Å²) in [7, 11) is 1.90. The van der Waals surface area contributed by atoms with Crippen molar-refractivity contribution in [2.45, 2.75) is 19.4 Å². The molecule has 0 aliphatic heterocycles. The summed E-state index contributed by atoms with van der Waals surface area (Å²) in [4.78, 5) is 1.05. The second kappa shape index (κ2) is 4.57. The van der Waals surface area contributed by atoms with Gasteiger partial charge in [0.05, 0.1) is 10.7 Å². The van der Waals surface area contributed by atoms with Crippen LogP contribution in [0.3, 0.4) is 0 Å². The van der Waals surface area contributed by atoms with E-state index in [1.54, 1.807) is 16.0 Å². The largest absolute Gasteiger partial charge is 0.323 e. The van der Waals surface area contributed by atoms with E-state index < -0.39 is 0 Å². The van der Waals surface area contributed by atoms with Gasteiger partial charge in [-0.25, -0.2) is 0 Å². The Morgan fingerprint density at radius 3 is 2.88 bits per heavy atom. The normalized spacial score (nSPS) is 13.0. The van der Waals surface area contributed by atoms with Crippen molar-refractivity contribution in [2.24, 2.45) is 12.8 Å². The molecular weight excluding hydrogens is 242 g/mol. The van der Waals surface area contributed by atoms with Gasteiger partial charge in [-0.3, -0.25) is 4.68 Å². The third kappa shape index (κ3) is 2.29. The second-order valence-electron chi connectivity index (χ2n) is 3.89. The molecule has 2 heterocycles. The second-order valence-corrected chi connectivity index (χ2v) is 5.18. The Balaban J connectivity index is 2.14. The third-order valence-electron chi connectivity index (χ3n) is 2.46. The van der Waals surface area contributed by atoms with Gasteiger partial charge >= 0.3 is 0 Å². The molecule has 16 heavy (non-hydrogen) atoms. The smallest absolute Gasteiger partial charge is 0.0643 e. The van der Waals surface area contributed by atoms with Crippen LogP contribution in [-0.4, -0.2) is 9.78 Å². The van der Waals surface area contributed by atoms with Crippen molar-refractivity contribution >= 4 is 22.9 Å². The third-order valence-corrected chi connectivity index (χ3v) is 4.31. The number of nitrogens with zero attached hydrogens (tertiary/aromatic N) is 2. The van der Waals surface area contributed by atoms with Crippen LogP contribution in [0.25, 0.3) is 0 Å². The predicted octanol–water partition coefficient (Wildman–Crippen LogP) is 2.69. The Hall–Kier alpha value is -0.840. The Bertz CT molecular complexity index is 489. The predicted molar refractivity (Wildman–Crippen MR) is 67.9 cm³/mol. The van der Waals surface area contributed by atoms with Crippen molar-refractivity contribution < 1.29 is 0 Å². The molecule has 86 valence electrons. The van der Waals surface area contributed by atoms with Gasteiger partial charge in [-0.05, 0) is 23.9 Å². The van der Waals surface area contributed by atoms with E-state index in [2.05, 4.69) is 5.10 Å². The van der Waals surface area contributed by atoms with Crippen molar-refractivity contribution in [2.75, 3.05) is 0 Å². The van der Waals surface area contributed by atoms with Crippen LogP contribution in [0.4, 0.5) is 0 Å². The molecule has 2 aromatic rings. The number of hydrogen-bond donors (Lipinski definition) is 1. The van der Waals surface area contributed by atoms with Crippen LogP contribution in [0.5, 0.6) is 0 Å². The Kier molecular flexibility index (Phi) is 3.33. The molecule has 0 saturated heterocycles. The van der Waals surface area contributed by atoms with Crippen LogP contribution in [0.15, 0.2) is 17.6 Å². The number of hydrogen-bond acceptors (Lipinski definition) is 3. The minimum absolute atomic E-state index is 0.0684. The van der Waals surface area contributed by atoms with Crippen molar-refractivity contribution in [3.63, 3.8) is 0 Å². The fourth-order valence-electron chi connectivity index (χ4n) is 1.59. The standard InChI is InChI=1S/C11H14ClN3S/c1-7-6-16-11(10(7)12)9(13)5-8-3-4-15(2)14-8/h3-4,6,9H,5,13H2,1-2H3. The van der Waals surface area contributed by atoms with E-state index >= 15 is 0 Å². The summed E-state index contributed by atoms with van der Waals surface area (Å²) in [5.74, 6) is 0. The number of nitrogens with two attached hydrogens (primary N) is 1. The van der Waals surface area contributed by atoms with Crippen molar-refractivity contribution in [3.8, 4) is 0 Å². The molecule has 2 aromatic heterocycles. The Labute approximate surface area is 104 Å². The molecule has 0 aliphatic carbocycles. The van der Waals surface area contributed by atoms with E-state index in [9.17, 15) is 0 Å². The maximum absolute atomic E-state index is 6.18. The first-order valence-electron chi connectivity index (χ1n) is 5.05. The van der Waals surface area contributed by atoms with Gasteiger partial charge in [0.2, 0.25) is 0 Å². The average Bonchev–Trinajstić information content (AvgIpc) is 2.76. The number of halogens is 1. The Morgan fingerprint density at radius 1 is 1.62 bits per heavy atom. The molecule has 2 rings (SSSR count). The minimum atomic E-state index is -0.0684. The van der Waals surface area contributed by atoms with Gasteiger partial charge in [-0.1, -0.05) is 11.6 Å². The molecular formula is C11H14ClN3S. The molecule has 0 saturated carbocycles. The van der Waals surface area contributed by atoms with Crippen molar-refractivity contribution in [1.82, 2.24) is 9.78 Å². The molecule has 0 bridgehead atoms. The maximum atomic E-state index is 6.18. The highest BCUT2D eigenvalue weighted by molar-refractivity contribution is 7.10. The molecule has 0 radical (unpaired) electrons. The van der Waals surface area contributed by atoms with Gasteiger partial charge < -0.3 is 5.73 Å². The summed E-state index contributed by atoms with van der Waals surface area (Å²) in [5, 5.41) is 7.15. The molecule has 0 fully saturated rings. The van der Waals surface area contributed by atoms with E-state index in [-0.39, 0.29) is 6.04 Å². The zero-order chi connectivity index (χ0) is 11.7. The van der Waals surface area contributed by atoms with Crippen molar-refractivity contribution in [1.29, 1.82) is 0 Å². The van der Waals surface area contributed by atoms with E-state index in [4.69, 9.17) is 17.3 Å². The average molecular weight is 256 g/mol. The fourth-order valence-corrected chi connectivity index (χ4v) is 2.93. The van der Waals surface area contributed by atoms with Gasteiger partial charge in [0.1, 0.15) is 0 Å². The highest BCUT2D eigenvalue weighted by Gasteiger charge is 2.15. The summed E-state index contributed by atoms with van der Waals surface area (Å²) in [6.45, 7) is 2.00. The zero-order valence-electron chi connectivity index (χ0n) is 9.27. The fraction of sp³-hybridized carbons (Fsp3) is 0.364. The molecule has 2 N–H and O–H groups in total. The SMILES string of the molecule is Cc1csc(C(N)Cc2ccn(C)n2)c1Cl. The number of aromatic nitrogens is 2. The van der Waals surface area contributed by atoms with Crippen LogP contribution >= 0.6 is 22.9 Å². The van der Waals surface area contributed by atoms with E-state index in [1.165, 1.54) is 0 Å². The molecule has 0 spiro atoms. The van der Waals surface area contributed by atoms with Crippen LogP contribution in [0.2, 0.25) is 5.02 Å². The molecule has 5 heteroatoms. The topological polar surface area (TPSA) is 43.8 Å². The van der Waals surface area contributed by atoms with E-state index in [0.29, 0.717) is 0 Å². The number of rotatable bonds is 3. The van der Waals surface area contributed by atoms with E-state index in [1.807, 2.05) is 31.6 Å². The van der Waals surface area contributed by atoms with Crippen LogP contribution in [0, 0.1) is 6.92 Å². The maximum Gasteiger partial charge on any atom is 0.0643 e. The summed E-state index contributed by atoms with van der Waals surface area (Å²) in [6, 6.07) is 1.91.